The summed E-state index contributed by atoms with van der Waals surface area (Å²) < 4.78 is 31.2. The van der Waals surface area contributed by atoms with Gasteiger partial charge >= 0.3 is 5.97 Å². The van der Waals surface area contributed by atoms with Crippen molar-refractivity contribution in [3.05, 3.63) is 93.0 Å². The summed E-state index contributed by atoms with van der Waals surface area (Å²) in [5.74, 6) is -0.818. The van der Waals surface area contributed by atoms with Gasteiger partial charge in [0.05, 0.1) is 30.7 Å². The Hall–Kier alpha value is -3.07. The molecule has 0 radical (unpaired) electrons. The molecule has 3 rings (SSSR count). The lowest BCUT2D eigenvalue weighted by Gasteiger charge is -2.23. The van der Waals surface area contributed by atoms with Gasteiger partial charge in [0.2, 0.25) is 10.0 Å². The lowest BCUT2D eigenvalue weighted by atomic mass is 10.1. The highest BCUT2D eigenvalue weighted by atomic mass is 35.5. The second-order valence-corrected chi connectivity index (χ2v) is 10.4. The Bertz CT molecular complexity index is 1340. The molecule has 3 aromatic carbocycles. The highest BCUT2D eigenvalue weighted by molar-refractivity contribution is 7.92. The molecule has 0 fully saturated rings. The standard InChI is InChI=1S/C25H24Cl2N2O5S/c1-4-34-25(31)18-10-13-23(16(2)14-18)28-24(30)17-8-11-19(12-9-17)29(35(3,32)33)15-20-21(26)6-5-7-22(20)27/h5-14H,4,15H2,1-3H3,(H,28,30). The van der Waals surface area contributed by atoms with Crippen LogP contribution < -0.4 is 9.62 Å². The highest BCUT2D eigenvalue weighted by Crippen LogP contribution is 2.29. The molecule has 0 heterocycles. The van der Waals surface area contributed by atoms with E-state index in [4.69, 9.17) is 27.9 Å². The number of amides is 1. The van der Waals surface area contributed by atoms with Crippen molar-refractivity contribution in [3.8, 4) is 0 Å². The van der Waals surface area contributed by atoms with E-state index in [-0.39, 0.29) is 19.1 Å². The summed E-state index contributed by atoms with van der Waals surface area (Å²) in [4.78, 5) is 24.7. The van der Waals surface area contributed by atoms with E-state index in [1.54, 1.807) is 50.2 Å². The number of hydrogen-bond donors (Lipinski definition) is 1. The zero-order valence-electron chi connectivity index (χ0n) is 19.3. The Labute approximate surface area is 214 Å². The number of ether oxygens (including phenoxy) is 1. The molecule has 35 heavy (non-hydrogen) atoms. The van der Waals surface area contributed by atoms with Crippen molar-refractivity contribution in [1.29, 1.82) is 0 Å². The van der Waals surface area contributed by atoms with Crippen LogP contribution in [0, 0.1) is 6.92 Å². The second-order valence-electron chi connectivity index (χ2n) is 7.72. The first kappa shape index (κ1) is 26.5. The minimum absolute atomic E-state index is 0.0606. The van der Waals surface area contributed by atoms with Gasteiger partial charge in [0.15, 0.2) is 0 Å². The van der Waals surface area contributed by atoms with Crippen molar-refractivity contribution in [3.63, 3.8) is 0 Å². The highest BCUT2D eigenvalue weighted by Gasteiger charge is 2.21. The third kappa shape index (κ3) is 6.54. The Kier molecular flexibility index (Phi) is 8.43. The summed E-state index contributed by atoms with van der Waals surface area (Å²) in [6.07, 6.45) is 1.08. The molecule has 0 aliphatic carbocycles. The summed E-state index contributed by atoms with van der Waals surface area (Å²) in [6.45, 7) is 3.71. The van der Waals surface area contributed by atoms with Crippen LogP contribution in [-0.4, -0.2) is 33.2 Å². The fourth-order valence-corrected chi connectivity index (χ4v) is 4.73. The topological polar surface area (TPSA) is 92.8 Å². The molecule has 3 aromatic rings. The van der Waals surface area contributed by atoms with Crippen LogP contribution in [0.25, 0.3) is 0 Å². The third-order valence-electron chi connectivity index (χ3n) is 5.17. The Morgan fingerprint density at radius 3 is 2.11 bits per heavy atom. The van der Waals surface area contributed by atoms with Crippen molar-refractivity contribution >= 4 is 56.5 Å². The molecule has 0 aliphatic heterocycles. The number of carbonyl (C=O) groups excluding carboxylic acids is 2. The Morgan fingerprint density at radius 1 is 0.971 bits per heavy atom. The second kappa shape index (κ2) is 11.1. The van der Waals surface area contributed by atoms with E-state index in [2.05, 4.69) is 5.32 Å². The van der Waals surface area contributed by atoms with Crippen molar-refractivity contribution in [2.45, 2.75) is 20.4 Å². The van der Waals surface area contributed by atoms with Gasteiger partial charge in [0.25, 0.3) is 5.91 Å². The normalized spacial score (nSPS) is 11.1. The smallest absolute Gasteiger partial charge is 0.338 e. The first-order chi connectivity index (χ1) is 16.5. The average molecular weight is 535 g/mol. The summed E-state index contributed by atoms with van der Waals surface area (Å²) >= 11 is 12.5. The van der Waals surface area contributed by atoms with Crippen LogP contribution in [0.4, 0.5) is 11.4 Å². The van der Waals surface area contributed by atoms with Gasteiger partial charge < -0.3 is 10.1 Å². The maximum absolute atomic E-state index is 12.8. The molecule has 1 amide bonds. The molecule has 10 heteroatoms. The molecule has 0 saturated heterocycles. The fourth-order valence-electron chi connectivity index (χ4n) is 3.35. The quantitative estimate of drug-likeness (QED) is 0.374. The molecule has 0 aromatic heterocycles. The van der Waals surface area contributed by atoms with Gasteiger partial charge in [0.1, 0.15) is 0 Å². The van der Waals surface area contributed by atoms with Gasteiger partial charge in [-0.15, -0.1) is 0 Å². The van der Waals surface area contributed by atoms with Crippen LogP contribution in [0.5, 0.6) is 0 Å². The predicted octanol–water partition coefficient (Wildman–Crippen LogP) is 5.70. The van der Waals surface area contributed by atoms with Crippen LogP contribution in [-0.2, 0) is 21.3 Å². The number of hydrogen-bond acceptors (Lipinski definition) is 5. The maximum Gasteiger partial charge on any atom is 0.338 e. The van der Waals surface area contributed by atoms with Crippen LogP contribution in [0.3, 0.4) is 0 Å². The first-order valence-electron chi connectivity index (χ1n) is 10.6. The maximum atomic E-state index is 12.8. The first-order valence-corrected chi connectivity index (χ1v) is 13.2. The molecule has 7 nitrogen and oxygen atoms in total. The predicted molar refractivity (Wildman–Crippen MR) is 139 cm³/mol. The number of aryl methyl sites for hydroxylation is 1. The molecular weight excluding hydrogens is 511 g/mol. The summed E-state index contributed by atoms with van der Waals surface area (Å²) in [5.41, 5.74) is 2.79. The fraction of sp³-hybridized carbons (Fsp3) is 0.200. The Morgan fingerprint density at radius 2 is 1.57 bits per heavy atom. The van der Waals surface area contributed by atoms with E-state index in [0.29, 0.717) is 43.7 Å². The van der Waals surface area contributed by atoms with Gasteiger partial charge in [-0.1, -0.05) is 29.3 Å². The third-order valence-corrected chi connectivity index (χ3v) is 7.02. The van der Waals surface area contributed by atoms with Crippen molar-refractivity contribution in [1.82, 2.24) is 0 Å². The summed E-state index contributed by atoms with van der Waals surface area (Å²) in [7, 11) is -3.67. The van der Waals surface area contributed by atoms with Gasteiger partial charge in [0, 0.05) is 26.9 Å². The van der Waals surface area contributed by atoms with E-state index in [0.717, 1.165) is 6.26 Å². The van der Waals surface area contributed by atoms with Crippen LogP contribution in [0.15, 0.2) is 60.7 Å². The minimum Gasteiger partial charge on any atom is -0.462 e. The van der Waals surface area contributed by atoms with Crippen molar-refractivity contribution < 1.29 is 22.7 Å². The zero-order chi connectivity index (χ0) is 25.8. The van der Waals surface area contributed by atoms with E-state index in [9.17, 15) is 18.0 Å². The molecular formula is C25H24Cl2N2O5S. The molecule has 0 aliphatic rings. The number of sulfonamides is 1. The molecule has 1 N–H and O–H groups in total. The molecule has 184 valence electrons. The van der Waals surface area contributed by atoms with Gasteiger partial charge in [-0.25, -0.2) is 13.2 Å². The summed E-state index contributed by atoms with van der Waals surface area (Å²) in [5, 5.41) is 3.51. The van der Waals surface area contributed by atoms with Crippen LogP contribution >= 0.6 is 23.2 Å². The van der Waals surface area contributed by atoms with E-state index < -0.39 is 16.0 Å². The number of nitrogens with zero attached hydrogens (tertiary/aromatic N) is 1. The molecule has 0 unspecified atom stereocenters. The lowest BCUT2D eigenvalue weighted by Crippen LogP contribution is -2.29. The Balaban J connectivity index is 1.80. The van der Waals surface area contributed by atoms with Gasteiger partial charge in [-0.2, -0.15) is 0 Å². The number of benzene rings is 3. The largest absolute Gasteiger partial charge is 0.462 e. The van der Waals surface area contributed by atoms with Crippen molar-refractivity contribution in [2.24, 2.45) is 0 Å². The van der Waals surface area contributed by atoms with Crippen LogP contribution in [0.2, 0.25) is 10.0 Å². The van der Waals surface area contributed by atoms with E-state index in [1.807, 2.05) is 0 Å². The molecule has 0 spiro atoms. The monoisotopic (exact) mass is 534 g/mol. The zero-order valence-corrected chi connectivity index (χ0v) is 21.7. The van der Waals surface area contributed by atoms with E-state index in [1.165, 1.54) is 28.6 Å². The van der Waals surface area contributed by atoms with Crippen LogP contribution in [0.1, 0.15) is 38.8 Å². The number of rotatable bonds is 8. The van der Waals surface area contributed by atoms with Crippen molar-refractivity contribution in [2.75, 3.05) is 22.5 Å². The van der Waals surface area contributed by atoms with E-state index >= 15 is 0 Å². The number of anilines is 2. The SMILES string of the molecule is CCOC(=O)c1ccc(NC(=O)c2ccc(N(Cc3c(Cl)cccc3Cl)S(C)(=O)=O)cc2)c(C)c1. The number of nitrogens with one attached hydrogen (secondary N) is 1. The lowest BCUT2D eigenvalue weighted by molar-refractivity contribution is 0.0526. The minimum atomic E-state index is -3.67. The van der Waals surface area contributed by atoms with Gasteiger partial charge in [-0.05, 0) is 74.0 Å². The average Bonchev–Trinajstić information content (AvgIpc) is 2.79. The molecule has 0 bridgehead atoms. The number of esters is 1. The summed E-state index contributed by atoms with van der Waals surface area (Å²) in [6, 6.07) is 15.9. The molecule has 0 saturated carbocycles. The number of halogens is 2. The number of carbonyl (C=O) groups is 2. The van der Waals surface area contributed by atoms with Gasteiger partial charge in [-0.3, -0.25) is 9.10 Å². The molecule has 0 atom stereocenters.